The first-order chi connectivity index (χ1) is 12.7. The van der Waals surface area contributed by atoms with Crippen molar-refractivity contribution in [3.8, 4) is 22.6 Å². The summed E-state index contributed by atoms with van der Waals surface area (Å²) < 4.78 is 10.2. The van der Waals surface area contributed by atoms with E-state index in [4.69, 9.17) is 15.2 Å². The third-order valence-electron chi connectivity index (χ3n) is 3.64. The molecule has 27 heavy (non-hydrogen) atoms. The Hall–Kier alpha value is -3.82. The second kappa shape index (κ2) is 7.60. The van der Waals surface area contributed by atoms with Crippen LogP contribution in [-0.2, 0) is 4.79 Å². The van der Waals surface area contributed by atoms with Gasteiger partial charge in [0.05, 0.1) is 7.11 Å². The van der Waals surface area contributed by atoms with Gasteiger partial charge in [-0.25, -0.2) is 9.59 Å². The number of esters is 1. The van der Waals surface area contributed by atoms with Crippen molar-refractivity contribution in [1.29, 1.82) is 0 Å². The maximum absolute atomic E-state index is 12.0. The van der Waals surface area contributed by atoms with Crippen molar-refractivity contribution in [1.82, 2.24) is 4.98 Å². The van der Waals surface area contributed by atoms with Gasteiger partial charge in [-0.2, -0.15) is 0 Å². The number of pyridine rings is 1. The predicted octanol–water partition coefficient (Wildman–Crippen LogP) is 1.34. The zero-order valence-electron chi connectivity index (χ0n) is 14.4. The van der Waals surface area contributed by atoms with Crippen LogP contribution >= 0.6 is 0 Å². The molecule has 0 saturated carbocycles. The van der Waals surface area contributed by atoms with Crippen LogP contribution in [0.25, 0.3) is 11.1 Å². The minimum absolute atomic E-state index is 0.0377. The summed E-state index contributed by atoms with van der Waals surface area (Å²) in [5, 5.41) is 18.8. The van der Waals surface area contributed by atoms with Crippen molar-refractivity contribution >= 4 is 23.7 Å². The van der Waals surface area contributed by atoms with E-state index in [1.54, 1.807) is 6.92 Å². The molecule has 142 valence electrons. The van der Waals surface area contributed by atoms with Crippen molar-refractivity contribution in [3.05, 3.63) is 39.7 Å². The Labute approximate surface area is 152 Å². The molecule has 2 rings (SSSR count). The van der Waals surface area contributed by atoms with Crippen molar-refractivity contribution in [2.24, 2.45) is 0 Å². The average molecular weight is 376 g/mol. The van der Waals surface area contributed by atoms with Crippen LogP contribution in [0.3, 0.4) is 0 Å². The predicted molar refractivity (Wildman–Crippen MR) is 93.3 cm³/mol. The lowest BCUT2D eigenvalue weighted by Crippen LogP contribution is -2.24. The van der Waals surface area contributed by atoms with Crippen LogP contribution in [0.4, 0.5) is 5.82 Å². The Morgan fingerprint density at radius 3 is 2.26 bits per heavy atom. The van der Waals surface area contributed by atoms with E-state index in [9.17, 15) is 29.4 Å². The minimum Gasteiger partial charge on any atom is -0.493 e. The van der Waals surface area contributed by atoms with E-state index in [1.165, 1.54) is 25.3 Å². The molecule has 0 aliphatic heterocycles. The van der Waals surface area contributed by atoms with Gasteiger partial charge in [-0.3, -0.25) is 9.59 Å². The van der Waals surface area contributed by atoms with E-state index in [2.05, 4.69) is 0 Å². The van der Waals surface area contributed by atoms with Gasteiger partial charge in [-0.05, 0) is 17.7 Å². The number of nitrogen functional groups attached to an aromatic ring is 1. The van der Waals surface area contributed by atoms with Gasteiger partial charge in [0.25, 0.3) is 5.56 Å². The summed E-state index contributed by atoms with van der Waals surface area (Å²) in [4.78, 5) is 48.7. The molecule has 0 atom stereocenters. The number of aromatic amines is 1. The van der Waals surface area contributed by atoms with Gasteiger partial charge in [0, 0.05) is 12.0 Å². The van der Waals surface area contributed by atoms with Crippen molar-refractivity contribution < 1.29 is 34.1 Å². The van der Waals surface area contributed by atoms with Crippen LogP contribution in [0.15, 0.2) is 23.0 Å². The first kappa shape index (κ1) is 19.5. The minimum atomic E-state index is -1.63. The fourth-order valence-corrected chi connectivity index (χ4v) is 2.44. The number of hydrogen-bond donors (Lipinski definition) is 4. The lowest BCUT2D eigenvalue weighted by atomic mass is 9.95. The summed E-state index contributed by atoms with van der Waals surface area (Å²) in [5.74, 6) is -4.08. The molecule has 0 aliphatic rings. The van der Waals surface area contributed by atoms with Crippen LogP contribution in [0.5, 0.6) is 11.5 Å². The summed E-state index contributed by atoms with van der Waals surface area (Å²) in [7, 11) is 1.28. The molecule has 5 N–H and O–H groups in total. The second-order valence-electron chi connectivity index (χ2n) is 5.30. The summed E-state index contributed by atoms with van der Waals surface area (Å²) in [6.45, 7) is 1.60. The number of carbonyl (C=O) groups excluding carboxylic acids is 1. The van der Waals surface area contributed by atoms with Crippen LogP contribution in [-0.4, -0.2) is 40.2 Å². The van der Waals surface area contributed by atoms with E-state index in [0.717, 1.165) is 0 Å². The van der Waals surface area contributed by atoms with Crippen molar-refractivity contribution in [3.63, 3.8) is 0 Å². The van der Waals surface area contributed by atoms with Gasteiger partial charge in [-0.1, -0.05) is 13.0 Å². The molecule has 0 aliphatic carbocycles. The van der Waals surface area contributed by atoms with Gasteiger partial charge in [0.1, 0.15) is 16.9 Å². The average Bonchev–Trinajstić information content (AvgIpc) is 2.60. The number of methoxy groups -OCH3 is 1. The molecule has 10 heteroatoms. The zero-order chi connectivity index (χ0) is 20.3. The number of H-pyrrole nitrogens is 1. The molecule has 1 aromatic heterocycles. The van der Waals surface area contributed by atoms with Gasteiger partial charge < -0.3 is 30.4 Å². The Morgan fingerprint density at radius 2 is 1.74 bits per heavy atom. The van der Waals surface area contributed by atoms with Gasteiger partial charge >= 0.3 is 17.9 Å². The molecule has 0 bridgehead atoms. The lowest BCUT2D eigenvalue weighted by molar-refractivity contribution is -0.134. The van der Waals surface area contributed by atoms with E-state index in [-0.39, 0.29) is 29.0 Å². The third-order valence-corrected chi connectivity index (χ3v) is 3.64. The van der Waals surface area contributed by atoms with Crippen molar-refractivity contribution in [2.75, 3.05) is 12.8 Å². The number of carboxylic acids is 2. The van der Waals surface area contributed by atoms with Crippen LogP contribution < -0.4 is 20.8 Å². The monoisotopic (exact) mass is 376 g/mol. The first-order valence-corrected chi connectivity index (χ1v) is 7.62. The Bertz CT molecular complexity index is 993. The molecule has 1 aromatic carbocycles. The normalized spacial score (nSPS) is 10.3. The first-order valence-electron chi connectivity index (χ1n) is 7.62. The third kappa shape index (κ3) is 3.73. The van der Waals surface area contributed by atoms with E-state index < -0.39 is 40.4 Å². The highest BCUT2D eigenvalue weighted by atomic mass is 16.6. The molecular formula is C17H16N2O8. The summed E-state index contributed by atoms with van der Waals surface area (Å²) >= 11 is 0. The highest BCUT2D eigenvalue weighted by Gasteiger charge is 2.27. The Morgan fingerprint density at radius 1 is 1.11 bits per heavy atom. The molecule has 0 fully saturated rings. The molecule has 0 saturated heterocycles. The quantitative estimate of drug-likeness (QED) is 0.429. The van der Waals surface area contributed by atoms with Crippen LogP contribution in [0.1, 0.15) is 34.1 Å². The number of hydrogen-bond acceptors (Lipinski definition) is 7. The highest BCUT2D eigenvalue weighted by molar-refractivity contribution is 6.07. The Balaban J connectivity index is 2.81. The number of nitrogens with two attached hydrogens (primary N) is 1. The summed E-state index contributed by atoms with van der Waals surface area (Å²) in [6.07, 6.45) is 0.113. The summed E-state index contributed by atoms with van der Waals surface area (Å²) in [6, 6.07) is 3.86. The number of anilines is 1. The van der Waals surface area contributed by atoms with Gasteiger partial charge in [-0.15, -0.1) is 0 Å². The van der Waals surface area contributed by atoms with Gasteiger partial charge in [0.2, 0.25) is 0 Å². The van der Waals surface area contributed by atoms with Crippen LogP contribution in [0.2, 0.25) is 0 Å². The molecular weight excluding hydrogens is 360 g/mol. The Kier molecular flexibility index (Phi) is 5.49. The fraction of sp³-hybridized carbons (Fsp3) is 0.176. The SMILES string of the molecule is CCC(=O)Oc1ccc(-c2c(C(=O)O)c(N)[nH]c(=O)c2C(=O)O)cc1OC. The molecule has 1 heterocycles. The maximum Gasteiger partial charge on any atom is 0.342 e. The number of aromatic carboxylic acids is 2. The molecule has 0 amide bonds. The highest BCUT2D eigenvalue weighted by Crippen LogP contribution is 2.36. The molecule has 10 nitrogen and oxygen atoms in total. The number of carbonyl (C=O) groups is 3. The van der Waals surface area contributed by atoms with E-state index in [1.807, 2.05) is 4.98 Å². The standard InChI is InChI=1S/C17H16N2O8/c1-3-10(20)27-8-5-4-7(6-9(8)26-2)11-12(16(22)23)14(18)19-15(21)13(11)17(24)25/h4-6H,3H2,1-2H3,(H,22,23)(H,24,25)(H3,18,19,21). The largest absolute Gasteiger partial charge is 0.493 e. The molecule has 2 aromatic rings. The van der Waals surface area contributed by atoms with Crippen molar-refractivity contribution in [2.45, 2.75) is 13.3 Å². The second-order valence-corrected chi connectivity index (χ2v) is 5.30. The molecule has 0 unspecified atom stereocenters. The zero-order valence-corrected chi connectivity index (χ0v) is 14.4. The smallest absolute Gasteiger partial charge is 0.342 e. The number of carboxylic acid groups (broad SMARTS) is 2. The fourth-order valence-electron chi connectivity index (χ4n) is 2.44. The van der Waals surface area contributed by atoms with Crippen LogP contribution in [0, 0.1) is 0 Å². The number of nitrogens with one attached hydrogen (secondary N) is 1. The lowest BCUT2D eigenvalue weighted by Gasteiger charge is -2.14. The topological polar surface area (TPSA) is 169 Å². The number of aromatic nitrogens is 1. The number of ether oxygens (including phenoxy) is 2. The number of rotatable bonds is 6. The van der Waals surface area contributed by atoms with Gasteiger partial charge in [0.15, 0.2) is 11.5 Å². The number of benzene rings is 1. The summed E-state index contributed by atoms with van der Waals surface area (Å²) in [5.41, 5.74) is 2.81. The molecule has 0 radical (unpaired) electrons. The molecule has 0 spiro atoms. The maximum atomic E-state index is 12.0. The van der Waals surface area contributed by atoms with E-state index >= 15 is 0 Å². The van der Waals surface area contributed by atoms with E-state index in [0.29, 0.717) is 0 Å².